The molecule has 9 heteroatoms. The molecule has 36 heavy (non-hydrogen) atoms. The summed E-state index contributed by atoms with van der Waals surface area (Å²) in [5, 5.41) is 8.91. The number of esters is 1. The lowest BCUT2D eigenvalue weighted by Gasteiger charge is -2.28. The second-order valence-electron chi connectivity index (χ2n) is 9.58. The molecule has 0 unspecified atom stereocenters. The van der Waals surface area contributed by atoms with Gasteiger partial charge >= 0.3 is 5.97 Å². The second-order valence-corrected chi connectivity index (χ2v) is 9.58. The van der Waals surface area contributed by atoms with Crippen molar-refractivity contribution < 1.29 is 28.9 Å². The summed E-state index contributed by atoms with van der Waals surface area (Å²) in [6, 6.07) is 16.4. The molecule has 0 saturated heterocycles. The third-order valence-corrected chi connectivity index (χ3v) is 5.55. The average Bonchev–Trinajstić information content (AvgIpc) is 3.18. The maximum Gasteiger partial charge on any atom is 0.306 e. The van der Waals surface area contributed by atoms with E-state index in [1.807, 2.05) is 30.3 Å². The van der Waals surface area contributed by atoms with E-state index in [4.69, 9.17) is 24.3 Å². The number of aliphatic hydroxyl groups is 1. The van der Waals surface area contributed by atoms with Crippen LogP contribution in [0.25, 0.3) is 0 Å². The lowest BCUT2D eigenvalue weighted by molar-refractivity contribution is -0.155. The first-order valence-electron chi connectivity index (χ1n) is 12.1. The van der Waals surface area contributed by atoms with E-state index in [0.29, 0.717) is 35.9 Å². The fourth-order valence-corrected chi connectivity index (χ4v) is 3.70. The fourth-order valence-electron chi connectivity index (χ4n) is 3.70. The highest BCUT2D eigenvalue weighted by Crippen LogP contribution is 2.34. The van der Waals surface area contributed by atoms with Crippen LogP contribution in [0, 0.1) is 0 Å². The Morgan fingerprint density at radius 3 is 2.44 bits per heavy atom. The molecule has 0 fully saturated rings. The monoisotopic (exact) mass is 497 g/mol. The lowest BCUT2D eigenvalue weighted by atomic mass is 9.88. The number of hydrogen-bond acceptors (Lipinski definition) is 8. The van der Waals surface area contributed by atoms with E-state index < -0.39 is 29.1 Å². The molecular weight excluding hydrogens is 462 g/mol. The Bertz CT molecular complexity index is 1050. The first-order valence-corrected chi connectivity index (χ1v) is 12.1. The van der Waals surface area contributed by atoms with Gasteiger partial charge in [0, 0.05) is 25.0 Å². The van der Waals surface area contributed by atoms with E-state index in [0.717, 1.165) is 0 Å². The fraction of sp³-hybridized carbons (Fsp3) is 0.444. The molecule has 2 aromatic rings. The van der Waals surface area contributed by atoms with Crippen molar-refractivity contribution in [3.63, 3.8) is 0 Å². The van der Waals surface area contributed by atoms with Crippen LogP contribution >= 0.6 is 0 Å². The molecule has 0 bridgehead atoms. The van der Waals surface area contributed by atoms with E-state index in [1.54, 1.807) is 52.0 Å². The molecule has 0 spiro atoms. The van der Waals surface area contributed by atoms with Crippen LogP contribution in [-0.2, 0) is 19.1 Å². The molecule has 194 valence electrons. The molecule has 9 nitrogen and oxygen atoms in total. The molecule has 3 rings (SSSR count). The molecule has 1 heterocycles. The van der Waals surface area contributed by atoms with Gasteiger partial charge in [-0.3, -0.25) is 20.4 Å². The van der Waals surface area contributed by atoms with Gasteiger partial charge in [0.05, 0.1) is 12.3 Å². The summed E-state index contributed by atoms with van der Waals surface area (Å²) < 4.78 is 17.1. The number of amides is 1. The number of nitrogens with zero attached hydrogens (tertiary/aromatic N) is 1. The summed E-state index contributed by atoms with van der Waals surface area (Å²) in [5.74, 6) is 0.135. The van der Waals surface area contributed by atoms with Crippen LogP contribution in [0.15, 0.2) is 59.6 Å². The molecule has 1 aliphatic rings. The normalized spacial score (nSPS) is 19.1. The molecule has 0 saturated carbocycles. The Kier molecular flexibility index (Phi) is 8.93. The average molecular weight is 498 g/mol. The van der Waals surface area contributed by atoms with Gasteiger partial charge in [0.2, 0.25) is 5.90 Å². The number of ether oxygens (including phenoxy) is 3. The van der Waals surface area contributed by atoms with Gasteiger partial charge in [0.15, 0.2) is 5.54 Å². The Balaban J connectivity index is 1.81. The largest absolute Gasteiger partial charge is 0.494 e. The predicted octanol–water partition coefficient (Wildman–Crippen LogP) is 3.62. The van der Waals surface area contributed by atoms with Crippen LogP contribution in [0.3, 0.4) is 0 Å². The van der Waals surface area contributed by atoms with Crippen molar-refractivity contribution in [2.24, 2.45) is 4.99 Å². The number of carbonyl (C=O) groups is 2. The highest BCUT2D eigenvalue weighted by Gasteiger charge is 2.50. The first kappa shape index (κ1) is 27.0. The van der Waals surface area contributed by atoms with Crippen molar-refractivity contribution in [3.05, 3.63) is 60.2 Å². The van der Waals surface area contributed by atoms with E-state index in [9.17, 15) is 9.59 Å². The lowest BCUT2D eigenvalue weighted by Crippen LogP contribution is -2.52. The first-order chi connectivity index (χ1) is 17.1. The van der Waals surface area contributed by atoms with Gasteiger partial charge in [-0.2, -0.15) is 0 Å². The third-order valence-electron chi connectivity index (χ3n) is 5.55. The van der Waals surface area contributed by atoms with Gasteiger partial charge in [-0.1, -0.05) is 18.2 Å². The smallest absolute Gasteiger partial charge is 0.306 e. The summed E-state index contributed by atoms with van der Waals surface area (Å²) >= 11 is 0. The van der Waals surface area contributed by atoms with Crippen molar-refractivity contribution in [2.75, 3.05) is 18.6 Å². The van der Waals surface area contributed by atoms with Crippen molar-refractivity contribution in [1.82, 2.24) is 5.43 Å². The van der Waals surface area contributed by atoms with Gasteiger partial charge < -0.3 is 19.3 Å². The zero-order valence-electron chi connectivity index (χ0n) is 21.2. The van der Waals surface area contributed by atoms with Crippen molar-refractivity contribution >= 4 is 23.5 Å². The van der Waals surface area contributed by atoms with Crippen LogP contribution in [0.1, 0.15) is 52.5 Å². The molecular formula is C27H35N3O6. The van der Waals surface area contributed by atoms with Crippen molar-refractivity contribution in [2.45, 2.75) is 64.2 Å². The van der Waals surface area contributed by atoms with Crippen LogP contribution in [0.4, 0.5) is 5.69 Å². The van der Waals surface area contributed by atoms with E-state index in [-0.39, 0.29) is 19.4 Å². The Morgan fingerprint density at radius 1 is 1.11 bits per heavy atom. The number of hydrazine groups is 1. The molecule has 1 aliphatic heterocycles. The van der Waals surface area contributed by atoms with E-state index in [2.05, 4.69) is 10.9 Å². The number of benzene rings is 2. The third kappa shape index (κ3) is 7.21. The number of aliphatic hydroxyl groups excluding tert-OH is 1. The molecule has 3 N–H and O–H groups in total. The highest BCUT2D eigenvalue weighted by molar-refractivity contribution is 6.01. The molecule has 0 radical (unpaired) electrons. The zero-order chi connectivity index (χ0) is 26.2. The highest BCUT2D eigenvalue weighted by atomic mass is 16.6. The topological polar surface area (TPSA) is 118 Å². The summed E-state index contributed by atoms with van der Waals surface area (Å²) in [5.41, 5.74) is 5.05. The maximum absolute atomic E-state index is 13.5. The molecule has 1 amide bonds. The van der Waals surface area contributed by atoms with Crippen LogP contribution < -0.4 is 15.6 Å². The van der Waals surface area contributed by atoms with Gasteiger partial charge in [-0.25, -0.2) is 4.99 Å². The molecule has 2 atom stereocenters. The van der Waals surface area contributed by atoms with Crippen molar-refractivity contribution in [3.8, 4) is 5.75 Å². The van der Waals surface area contributed by atoms with Crippen LogP contribution in [0.2, 0.25) is 0 Å². The zero-order valence-corrected chi connectivity index (χ0v) is 21.2. The Morgan fingerprint density at radius 2 is 1.81 bits per heavy atom. The van der Waals surface area contributed by atoms with Gasteiger partial charge in [-0.15, -0.1) is 0 Å². The molecule has 2 aromatic carbocycles. The summed E-state index contributed by atoms with van der Waals surface area (Å²) in [4.78, 5) is 30.7. The number of anilines is 1. The summed E-state index contributed by atoms with van der Waals surface area (Å²) in [6.07, 6.45) is 0.0181. The number of para-hydroxylation sites is 1. The Labute approximate surface area is 211 Å². The van der Waals surface area contributed by atoms with Gasteiger partial charge in [-0.05, 0) is 70.5 Å². The molecule has 0 aromatic heterocycles. The number of carbonyl (C=O) groups excluding carboxylic acids is 2. The molecule has 0 aliphatic carbocycles. The standard InChI is InChI=1S/C27H35N3O6/c1-19-27(16-15-23(32)36-26(2,3)4,25(33)30-29-21-9-6-5-7-10-21)28-24(35-19)20-11-13-22(14-12-20)34-18-8-17-31/h5-7,9-14,19,29,31H,8,15-18H2,1-4H3,(H,30,33)/t19-,27-/m0/s1. The van der Waals surface area contributed by atoms with Gasteiger partial charge in [0.25, 0.3) is 5.91 Å². The maximum atomic E-state index is 13.5. The number of aliphatic imine (C=N–C) groups is 1. The second kappa shape index (κ2) is 11.9. The van der Waals surface area contributed by atoms with E-state index >= 15 is 0 Å². The summed E-state index contributed by atoms with van der Waals surface area (Å²) in [7, 11) is 0. The number of hydrogen-bond donors (Lipinski definition) is 3. The SMILES string of the molecule is C[C@@H]1OC(c2ccc(OCCCO)cc2)=N[C@]1(CCC(=O)OC(C)(C)C)C(=O)NNc1ccccc1. The minimum absolute atomic E-state index is 0.00184. The number of rotatable bonds is 11. The van der Waals surface area contributed by atoms with Crippen molar-refractivity contribution in [1.29, 1.82) is 0 Å². The van der Waals surface area contributed by atoms with Gasteiger partial charge in [0.1, 0.15) is 17.5 Å². The quantitative estimate of drug-likeness (QED) is 0.246. The summed E-state index contributed by atoms with van der Waals surface area (Å²) in [6.45, 7) is 7.63. The van der Waals surface area contributed by atoms with Crippen LogP contribution in [0.5, 0.6) is 5.75 Å². The number of nitrogens with one attached hydrogen (secondary N) is 2. The van der Waals surface area contributed by atoms with E-state index in [1.165, 1.54) is 0 Å². The minimum Gasteiger partial charge on any atom is -0.494 e. The predicted molar refractivity (Wildman–Crippen MR) is 137 cm³/mol. The Hall–Kier alpha value is -3.59. The minimum atomic E-state index is -1.34. The van der Waals surface area contributed by atoms with Crippen LogP contribution in [-0.4, -0.2) is 53.3 Å².